The number of aryl methyl sites for hydroxylation is 1. The molecule has 0 amide bonds. The smallest absolute Gasteiger partial charge is 0.128 e. The summed E-state index contributed by atoms with van der Waals surface area (Å²) in [6.45, 7) is 2.69. The zero-order valence-corrected chi connectivity index (χ0v) is 13.1. The van der Waals surface area contributed by atoms with Crippen LogP contribution in [0.3, 0.4) is 0 Å². The van der Waals surface area contributed by atoms with Crippen LogP contribution in [0.15, 0.2) is 40.9 Å². The minimum atomic E-state index is 0.0899. The van der Waals surface area contributed by atoms with E-state index in [2.05, 4.69) is 25.8 Å². The third-order valence-corrected chi connectivity index (χ3v) is 3.89. The molecule has 0 aliphatic carbocycles. The van der Waals surface area contributed by atoms with E-state index in [0.717, 1.165) is 33.7 Å². The molecule has 0 aliphatic rings. The van der Waals surface area contributed by atoms with Crippen molar-refractivity contribution in [1.82, 2.24) is 4.98 Å². The molecule has 2 aromatic rings. The molecule has 0 fully saturated rings. The number of nitrogens with one attached hydrogen (secondary N) is 1. The van der Waals surface area contributed by atoms with Crippen molar-refractivity contribution in [1.29, 1.82) is 5.41 Å². The van der Waals surface area contributed by atoms with E-state index >= 15 is 0 Å². The predicted octanol–water partition coefficient (Wildman–Crippen LogP) is 3.07. The number of halogens is 1. The van der Waals surface area contributed by atoms with E-state index < -0.39 is 0 Å². The van der Waals surface area contributed by atoms with Crippen LogP contribution < -0.4 is 10.6 Å². The first kappa shape index (κ1) is 14.5. The van der Waals surface area contributed by atoms with Crippen molar-refractivity contribution in [3.63, 3.8) is 0 Å². The molecular formula is C15H17BrN4. The largest absolute Gasteiger partial charge is 0.384 e. The zero-order valence-electron chi connectivity index (χ0n) is 11.5. The summed E-state index contributed by atoms with van der Waals surface area (Å²) in [5.74, 6) is 1.01. The van der Waals surface area contributed by atoms with Crippen LogP contribution in [0.2, 0.25) is 0 Å². The Bertz CT molecular complexity index is 640. The van der Waals surface area contributed by atoms with E-state index in [4.69, 9.17) is 11.1 Å². The van der Waals surface area contributed by atoms with Crippen molar-refractivity contribution in [2.75, 3.05) is 11.9 Å². The Labute approximate surface area is 127 Å². The highest BCUT2D eigenvalue weighted by Gasteiger charge is 2.06. The van der Waals surface area contributed by atoms with Gasteiger partial charge in [0.2, 0.25) is 0 Å². The van der Waals surface area contributed by atoms with Gasteiger partial charge < -0.3 is 10.6 Å². The van der Waals surface area contributed by atoms with Crippen LogP contribution in [0, 0.1) is 12.3 Å². The number of nitrogen functional groups attached to an aromatic ring is 1. The monoisotopic (exact) mass is 332 g/mol. The summed E-state index contributed by atoms with van der Waals surface area (Å²) >= 11 is 3.45. The second kappa shape index (κ2) is 6.05. The van der Waals surface area contributed by atoms with E-state index in [9.17, 15) is 0 Å². The van der Waals surface area contributed by atoms with E-state index in [0.29, 0.717) is 0 Å². The second-order valence-electron chi connectivity index (χ2n) is 4.71. The number of aromatic nitrogens is 1. The fraction of sp³-hybridized carbons (Fsp3) is 0.200. The van der Waals surface area contributed by atoms with Gasteiger partial charge in [0.05, 0.1) is 5.69 Å². The van der Waals surface area contributed by atoms with Gasteiger partial charge in [0.1, 0.15) is 11.7 Å². The van der Waals surface area contributed by atoms with Crippen LogP contribution in [0.5, 0.6) is 0 Å². The summed E-state index contributed by atoms with van der Waals surface area (Å²) in [7, 11) is 2.00. The summed E-state index contributed by atoms with van der Waals surface area (Å²) in [6, 6.07) is 11.7. The van der Waals surface area contributed by atoms with Gasteiger partial charge in [-0.3, -0.25) is 5.41 Å². The van der Waals surface area contributed by atoms with Crippen LogP contribution in [0.25, 0.3) is 0 Å². The van der Waals surface area contributed by atoms with Crippen molar-refractivity contribution >= 4 is 27.6 Å². The highest BCUT2D eigenvalue weighted by molar-refractivity contribution is 9.10. The third-order valence-electron chi connectivity index (χ3n) is 3.06. The molecule has 2 rings (SSSR count). The first-order chi connectivity index (χ1) is 9.47. The van der Waals surface area contributed by atoms with Gasteiger partial charge in [0.25, 0.3) is 0 Å². The lowest BCUT2D eigenvalue weighted by atomic mass is 10.1. The van der Waals surface area contributed by atoms with Crippen LogP contribution in [-0.4, -0.2) is 17.9 Å². The molecule has 1 aromatic carbocycles. The van der Waals surface area contributed by atoms with E-state index in [1.165, 1.54) is 0 Å². The van der Waals surface area contributed by atoms with Crippen molar-refractivity contribution < 1.29 is 0 Å². The van der Waals surface area contributed by atoms with Gasteiger partial charge >= 0.3 is 0 Å². The molecule has 5 heteroatoms. The van der Waals surface area contributed by atoms with Crippen LogP contribution in [0.1, 0.15) is 16.8 Å². The molecule has 0 spiro atoms. The summed E-state index contributed by atoms with van der Waals surface area (Å²) < 4.78 is 1.01. The number of hydrogen-bond donors (Lipinski definition) is 2. The number of benzene rings is 1. The molecule has 4 nitrogen and oxygen atoms in total. The Hall–Kier alpha value is -1.88. The molecule has 0 saturated heterocycles. The summed E-state index contributed by atoms with van der Waals surface area (Å²) in [5, 5.41) is 7.48. The molecule has 0 aliphatic heterocycles. The molecule has 0 atom stereocenters. The quantitative estimate of drug-likeness (QED) is 0.667. The molecule has 0 unspecified atom stereocenters. The number of nitrogens with zero attached hydrogens (tertiary/aromatic N) is 2. The number of anilines is 1. The number of amidine groups is 1. The molecule has 20 heavy (non-hydrogen) atoms. The lowest BCUT2D eigenvalue weighted by Crippen LogP contribution is -2.18. The fourth-order valence-corrected chi connectivity index (χ4v) is 2.16. The molecule has 0 bridgehead atoms. The Morgan fingerprint density at radius 1 is 1.35 bits per heavy atom. The van der Waals surface area contributed by atoms with Crippen LogP contribution >= 0.6 is 15.9 Å². The van der Waals surface area contributed by atoms with E-state index in [-0.39, 0.29) is 5.84 Å². The van der Waals surface area contributed by atoms with Crippen LogP contribution in [0.4, 0.5) is 5.82 Å². The minimum absolute atomic E-state index is 0.0899. The average molecular weight is 333 g/mol. The minimum Gasteiger partial charge on any atom is -0.384 e. The number of nitrogens with two attached hydrogens (primary N) is 1. The first-order valence-corrected chi connectivity index (χ1v) is 7.04. The zero-order chi connectivity index (χ0) is 14.7. The number of rotatable bonds is 4. The van der Waals surface area contributed by atoms with Crippen molar-refractivity contribution in [2.45, 2.75) is 13.5 Å². The fourth-order valence-electron chi connectivity index (χ4n) is 1.94. The van der Waals surface area contributed by atoms with Gasteiger partial charge in [-0.15, -0.1) is 0 Å². The molecule has 0 saturated carbocycles. The van der Waals surface area contributed by atoms with Gasteiger partial charge in [0, 0.05) is 23.6 Å². The third kappa shape index (κ3) is 3.36. The SMILES string of the molecule is Cc1nc(N(C)Cc2cccc(C(=N)N)c2)ccc1Br. The molecule has 104 valence electrons. The first-order valence-electron chi connectivity index (χ1n) is 6.25. The standard InChI is InChI=1S/C15H17BrN4/c1-10-13(16)6-7-14(19-10)20(2)9-11-4-3-5-12(8-11)15(17)18/h3-8H,9H2,1-2H3,(H3,17,18). The Kier molecular flexibility index (Phi) is 4.39. The van der Waals surface area contributed by atoms with Crippen molar-refractivity contribution in [2.24, 2.45) is 5.73 Å². The normalized spacial score (nSPS) is 10.3. The topological polar surface area (TPSA) is 66.0 Å². The molecule has 1 aromatic heterocycles. The lowest BCUT2D eigenvalue weighted by Gasteiger charge is -2.19. The Balaban J connectivity index is 2.18. The maximum Gasteiger partial charge on any atom is 0.128 e. The summed E-state index contributed by atoms with van der Waals surface area (Å²) in [5.41, 5.74) is 8.32. The molecule has 3 N–H and O–H groups in total. The maximum absolute atomic E-state index is 7.48. The summed E-state index contributed by atoms with van der Waals surface area (Å²) in [6.07, 6.45) is 0. The predicted molar refractivity (Wildman–Crippen MR) is 86.2 cm³/mol. The molecule has 0 radical (unpaired) electrons. The highest BCUT2D eigenvalue weighted by atomic mass is 79.9. The van der Waals surface area contributed by atoms with Gasteiger partial charge in [0.15, 0.2) is 0 Å². The second-order valence-corrected chi connectivity index (χ2v) is 5.56. The summed E-state index contributed by atoms with van der Waals surface area (Å²) in [4.78, 5) is 6.61. The molecular weight excluding hydrogens is 316 g/mol. The average Bonchev–Trinajstić information content (AvgIpc) is 2.42. The highest BCUT2D eigenvalue weighted by Crippen LogP contribution is 2.19. The van der Waals surface area contributed by atoms with E-state index in [1.54, 1.807) is 0 Å². The van der Waals surface area contributed by atoms with Crippen LogP contribution in [-0.2, 0) is 6.54 Å². The Morgan fingerprint density at radius 2 is 2.10 bits per heavy atom. The number of pyridine rings is 1. The van der Waals surface area contributed by atoms with Gasteiger partial charge in [-0.05, 0) is 46.6 Å². The van der Waals surface area contributed by atoms with Gasteiger partial charge in [-0.25, -0.2) is 4.98 Å². The van der Waals surface area contributed by atoms with Crippen molar-refractivity contribution in [3.05, 3.63) is 57.7 Å². The molecule has 1 heterocycles. The van der Waals surface area contributed by atoms with Gasteiger partial charge in [-0.2, -0.15) is 0 Å². The van der Waals surface area contributed by atoms with E-state index in [1.807, 2.05) is 50.4 Å². The van der Waals surface area contributed by atoms with Crippen molar-refractivity contribution in [3.8, 4) is 0 Å². The Morgan fingerprint density at radius 3 is 2.75 bits per heavy atom. The lowest BCUT2D eigenvalue weighted by molar-refractivity contribution is 0.890. The number of hydrogen-bond acceptors (Lipinski definition) is 3. The van der Waals surface area contributed by atoms with Gasteiger partial charge in [-0.1, -0.05) is 18.2 Å². The maximum atomic E-state index is 7.48.